The second kappa shape index (κ2) is 9.39. The first kappa shape index (κ1) is 18.4. The second-order valence-electron chi connectivity index (χ2n) is 5.03. The highest BCUT2D eigenvalue weighted by Gasteiger charge is 2.31. The van der Waals surface area contributed by atoms with E-state index in [2.05, 4.69) is 0 Å². The summed E-state index contributed by atoms with van der Waals surface area (Å²) in [7, 11) is 0. The molecule has 126 valence electrons. The predicted molar refractivity (Wildman–Crippen MR) is 101 cm³/mol. The molecular weight excluding hydrogens is 342 g/mol. The number of allylic oxidation sites excluding steroid dienone is 2. The van der Waals surface area contributed by atoms with Crippen LogP contribution in [-0.2, 0) is 14.3 Å². The van der Waals surface area contributed by atoms with Gasteiger partial charge in [-0.15, -0.1) is 0 Å². The zero-order valence-corrected chi connectivity index (χ0v) is 15.1. The molecule has 0 aliphatic carbocycles. The van der Waals surface area contributed by atoms with Crippen LogP contribution in [0.2, 0.25) is 0 Å². The van der Waals surface area contributed by atoms with Crippen molar-refractivity contribution in [3.63, 3.8) is 0 Å². The molecule has 2 rings (SSSR count). The average Bonchev–Trinajstić information content (AvgIpc) is 2.84. The lowest BCUT2D eigenvalue weighted by Crippen LogP contribution is -2.29. The third-order valence-corrected chi connectivity index (χ3v) is 4.67. The number of amides is 1. The molecular formula is C18H19NO3S2. The van der Waals surface area contributed by atoms with Crippen LogP contribution in [0.15, 0.2) is 47.4 Å². The fraction of sp³-hybridized carbons (Fsp3) is 0.278. The molecule has 1 aliphatic rings. The van der Waals surface area contributed by atoms with Gasteiger partial charge >= 0.3 is 5.97 Å². The van der Waals surface area contributed by atoms with Gasteiger partial charge < -0.3 is 4.74 Å². The Morgan fingerprint density at radius 1 is 1.33 bits per heavy atom. The van der Waals surface area contributed by atoms with Crippen LogP contribution < -0.4 is 0 Å². The highest BCUT2D eigenvalue weighted by atomic mass is 32.2. The zero-order valence-electron chi connectivity index (χ0n) is 13.4. The van der Waals surface area contributed by atoms with Gasteiger partial charge in [-0.05, 0) is 25.0 Å². The van der Waals surface area contributed by atoms with Crippen LogP contribution in [0.1, 0.15) is 25.3 Å². The number of benzene rings is 1. The van der Waals surface area contributed by atoms with Crippen LogP contribution >= 0.6 is 24.0 Å². The largest absolute Gasteiger partial charge is 0.466 e. The Hall–Kier alpha value is -1.92. The van der Waals surface area contributed by atoms with Crippen LogP contribution in [0.3, 0.4) is 0 Å². The molecule has 1 aliphatic heterocycles. The molecule has 1 heterocycles. The summed E-state index contributed by atoms with van der Waals surface area (Å²) in [5.74, 6) is -0.351. The van der Waals surface area contributed by atoms with Crippen molar-refractivity contribution in [3.8, 4) is 0 Å². The van der Waals surface area contributed by atoms with Crippen LogP contribution in [0.25, 0.3) is 6.08 Å². The molecule has 1 aromatic carbocycles. The van der Waals surface area contributed by atoms with E-state index >= 15 is 0 Å². The minimum Gasteiger partial charge on any atom is -0.466 e. The minimum absolute atomic E-state index is 0.105. The van der Waals surface area contributed by atoms with Crippen molar-refractivity contribution >= 4 is 46.3 Å². The highest BCUT2D eigenvalue weighted by molar-refractivity contribution is 8.26. The first-order valence-electron chi connectivity index (χ1n) is 7.74. The second-order valence-corrected chi connectivity index (χ2v) is 6.71. The van der Waals surface area contributed by atoms with E-state index in [0.717, 1.165) is 5.56 Å². The van der Waals surface area contributed by atoms with Gasteiger partial charge in [0.1, 0.15) is 4.32 Å². The molecule has 0 spiro atoms. The van der Waals surface area contributed by atoms with E-state index < -0.39 is 0 Å². The fourth-order valence-electron chi connectivity index (χ4n) is 2.13. The summed E-state index contributed by atoms with van der Waals surface area (Å²) in [6.07, 6.45) is 6.39. The van der Waals surface area contributed by atoms with Crippen molar-refractivity contribution in [1.82, 2.24) is 4.90 Å². The van der Waals surface area contributed by atoms with E-state index in [1.165, 1.54) is 11.8 Å². The third-order valence-electron chi connectivity index (χ3n) is 3.28. The summed E-state index contributed by atoms with van der Waals surface area (Å²) >= 11 is 6.54. The Kier molecular flexibility index (Phi) is 7.21. The number of thiocarbonyl (C=S) groups is 1. The van der Waals surface area contributed by atoms with Gasteiger partial charge in [0.05, 0.1) is 11.5 Å². The molecule has 6 heteroatoms. The topological polar surface area (TPSA) is 46.6 Å². The maximum atomic E-state index is 12.4. The maximum absolute atomic E-state index is 12.4. The van der Waals surface area contributed by atoms with Crippen LogP contribution in [0.5, 0.6) is 0 Å². The van der Waals surface area contributed by atoms with Gasteiger partial charge in [0.2, 0.25) is 0 Å². The molecule has 0 aromatic heterocycles. The van der Waals surface area contributed by atoms with Gasteiger partial charge in [-0.2, -0.15) is 0 Å². The lowest BCUT2D eigenvalue weighted by molar-refractivity contribution is -0.143. The summed E-state index contributed by atoms with van der Waals surface area (Å²) in [6.45, 7) is 2.58. The molecule has 0 atom stereocenters. The van der Waals surface area contributed by atoms with Crippen molar-refractivity contribution in [2.24, 2.45) is 0 Å². The van der Waals surface area contributed by atoms with Crippen LogP contribution in [0, 0.1) is 0 Å². The first-order chi connectivity index (χ1) is 11.6. The highest BCUT2D eigenvalue weighted by Crippen LogP contribution is 2.31. The molecule has 1 saturated heterocycles. The summed E-state index contributed by atoms with van der Waals surface area (Å²) < 4.78 is 5.41. The number of esters is 1. The van der Waals surface area contributed by atoms with E-state index in [1.54, 1.807) is 17.9 Å². The molecule has 0 radical (unpaired) electrons. The molecule has 0 saturated carbocycles. The minimum atomic E-state index is -0.246. The Labute approximate surface area is 151 Å². The van der Waals surface area contributed by atoms with Crippen molar-refractivity contribution in [3.05, 3.63) is 53.0 Å². The van der Waals surface area contributed by atoms with Crippen molar-refractivity contribution in [2.75, 3.05) is 13.2 Å². The average molecular weight is 361 g/mol. The Morgan fingerprint density at radius 3 is 2.79 bits per heavy atom. The number of rotatable bonds is 7. The molecule has 1 amide bonds. The number of thioether (sulfide) groups is 1. The van der Waals surface area contributed by atoms with Gasteiger partial charge in [-0.3, -0.25) is 14.5 Å². The predicted octanol–water partition coefficient (Wildman–Crippen LogP) is 3.79. The van der Waals surface area contributed by atoms with Crippen LogP contribution in [-0.4, -0.2) is 34.2 Å². The van der Waals surface area contributed by atoms with E-state index in [0.29, 0.717) is 28.8 Å². The summed E-state index contributed by atoms with van der Waals surface area (Å²) in [6, 6.07) is 9.86. The van der Waals surface area contributed by atoms with E-state index in [-0.39, 0.29) is 18.3 Å². The quantitative estimate of drug-likeness (QED) is 0.420. The SMILES string of the molecule is CCOC(=O)CCCN1C(=O)/C(=C/C=C/c2ccccc2)SC1=S. The van der Waals surface area contributed by atoms with E-state index in [9.17, 15) is 9.59 Å². The molecule has 1 aromatic rings. The number of carbonyl (C=O) groups excluding carboxylic acids is 2. The van der Waals surface area contributed by atoms with Gasteiger partial charge in [-0.25, -0.2) is 0 Å². The molecule has 0 bridgehead atoms. The zero-order chi connectivity index (χ0) is 17.4. The van der Waals surface area contributed by atoms with Gasteiger partial charge in [0, 0.05) is 13.0 Å². The number of hydrogen-bond donors (Lipinski definition) is 0. The number of nitrogens with zero attached hydrogens (tertiary/aromatic N) is 1. The van der Waals surface area contributed by atoms with Gasteiger partial charge in [0.25, 0.3) is 5.91 Å². The maximum Gasteiger partial charge on any atom is 0.305 e. The van der Waals surface area contributed by atoms with Crippen LogP contribution in [0.4, 0.5) is 0 Å². The van der Waals surface area contributed by atoms with Gasteiger partial charge in [0.15, 0.2) is 0 Å². The Bertz CT molecular complexity index is 668. The molecule has 4 nitrogen and oxygen atoms in total. The lowest BCUT2D eigenvalue weighted by atomic mass is 10.2. The summed E-state index contributed by atoms with van der Waals surface area (Å²) in [5, 5.41) is 0. The third kappa shape index (κ3) is 5.32. The molecule has 1 fully saturated rings. The van der Waals surface area contributed by atoms with Crippen molar-refractivity contribution in [1.29, 1.82) is 0 Å². The lowest BCUT2D eigenvalue weighted by Gasteiger charge is -2.13. The Balaban J connectivity index is 1.89. The summed E-state index contributed by atoms with van der Waals surface area (Å²) in [5.41, 5.74) is 1.07. The number of hydrogen-bond acceptors (Lipinski definition) is 5. The molecule has 24 heavy (non-hydrogen) atoms. The van der Waals surface area contributed by atoms with E-state index in [1.807, 2.05) is 42.5 Å². The summed E-state index contributed by atoms with van der Waals surface area (Å²) in [4.78, 5) is 25.8. The van der Waals surface area contributed by atoms with E-state index in [4.69, 9.17) is 17.0 Å². The monoisotopic (exact) mass is 361 g/mol. The van der Waals surface area contributed by atoms with Crippen molar-refractivity contribution < 1.29 is 14.3 Å². The number of ether oxygens (including phenoxy) is 1. The fourth-order valence-corrected chi connectivity index (χ4v) is 3.39. The number of carbonyl (C=O) groups is 2. The molecule has 0 unspecified atom stereocenters. The first-order valence-corrected chi connectivity index (χ1v) is 8.97. The normalized spacial score (nSPS) is 16.4. The Morgan fingerprint density at radius 2 is 2.08 bits per heavy atom. The molecule has 0 N–H and O–H groups in total. The van der Waals surface area contributed by atoms with Gasteiger partial charge in [-0.1, -0.05) is 66.5 Å². The standard InChI is InChI=1S/C18H19NO3S2/c1-2-22-16(20)12-7-13-19-17(21)15(24-18(19)23)11-6-10-14-8-4-3-5-9-14/h3-6,8-11H,2,7,12-13H2,1H3/b10-6+,15-11-. The smallest absolute Gasteiger partial charge is 0.305 e. The van der Waals surface area contributed by atoms with Crippen molar-refractivity contribution in [2.45, 2.75) is 19.8 Å².